The third-order valence-electron chi connectivity index (χ3n) is 4.19. The first-order valence-corrected chi connectivity index (χ1v) is 8.04. The maximum absolute atomic E-state index is 11.9. The van der Waals surface area contributed by atoms with Gasteiger partial charge in [0, 0.05) is 19.7 Å². The molecule has 1 amide bonds. The largest absolute Gasteiger partial charge is 0.378 e. The van der Waals surface area contributed by atoms with Crippen LogP contribution in [0.25, 0.3) is 0 Å². The van der Waals surface area contributed by atoms with Gasteiger partial charge in [-0.1, -0.05) is 19.3 Å². The minimum Gasteiger partial charge on any atom is -0.378 e. The molecule has 0 aromatic rings. The van der Waals surface area contributed by atoms with Crippen molar-refractivity contribution in [3.05, 3.63) is 0 Å². The Labute approximate surface area is 121 Å². The zero-order chi connectivity index (χ0) is 14.2. The van der Waals surface area contributed by atoms with Crippen LogP contribution in [0, 0.1) is 0 Å². The highest BCUT2D eigenvalue weighted by molar-refractivity contribution is 5.80. The number of amides is 1. The number of ether oxygens (including phenoxy) is 2. The van der Waals surface area contributed by atoms with Gasteiger partial charge >= 0.3 is 0 Å². The minimum absolute atomic E-state index is 0.00128. The summed E-state index contributed by atoms with van der Waals surface area (Å²) in [5.41, 5.74) is 5.53. The maximum atomic E-state index is 11.9. The Bertz CT molecular complexity index is 293. The van der Waals surface area contributed by atoms with Crippen molar-refractivity contribution >= 4 is 5.91 Å². The summed E-state index contributed by atoms with van der Waals surface area (Å²) in [5, 5.41) is 2.92. The van der Waals surface area contributed by atoms with Gasteiger partial charge in [0.05, 0.1) is 12.2 Å². The fraction of sp³-hybridized carbons (Fsp3) is 0.933. The smallest absolute Gasteiger partial charge is 0.249 e. The molecule has 0 spiro atoms. The Morgan fingerprint density at radius 2 is 2.00 bits per heavy atom. The Morgan fingerprint density at radius 1 is 1.20 bits per heavy atom. The van der Waals surface area contributed by atoms with Crippen LogP contribution in [0.1, 0.15) is 51.4 Å². The molecule has 1 aliphatic carbocycles. The molecule has 5 nitrogen and oxygen atoms in total. The SMILES string of the molecule is NCC1CCC(C(=O)NCCCOC2CCCCC2)O1. The van der Waals surface area contributed by atoms with E-state index in [1.165, 1.54) is 32.1 Å². The van der Waals surface area contributed by atoms with Crippen molar-refractivity contribution in [1.29, 1.82) is 0 Å². The molecule has 116 valence electrons. The molecular weight excluding hydrogens is 256 g/mol. The summed E-state index contributed by atoms with van der Waals surface area (Å²) in [6, 6.07) is 0. The summed E-state index contributed by atoms with van der Waals surface area (Å²) in [6.07, 6.45) is 9.07. The molecule has 2 unspecified atom stereocenters. The number of carbonyl (C=O) groups is 1. The number of carbonyl (C=O) groups excluding carboxylic acids is 1. The van der Waals surface area contributed by atoms with Crippen LogP contribution in [-0.4, -0.2) is 43.9 Å². The van der Waals surface area contributed by atoms with Crippen molar-refractivity contribution in [1.82, 2.24) is 5.32 Å². The van der Waals surface area contributed by atoms with Gasteiger partial charge in [0.1, 0.15) is 6.10 Å². The van der Waals surface area contributed by atoms with Crippen molar-refractivity contribution in [2.45, 2.75) is 69.7 Å². The molecule has 1 saturated heterocycles. The molecule has 0 radical (unpaired) electrons. The van der Waals surface area contributed by atoms with Crippen LogP contribution in [0.3, 0.4) is 0 Å². The number of hydrogen-bond acceptors (Lipinski definition) is 4. The second-order valence-corrected chi connectivity index (χ2v) is 5.84. The number of nitrogens with one attached hydrogen (secondary N) is 1. The predicted octanol–water partition coefficient (Wildman–Crippen LogP) is 1.35. The molecule has 2 atom stereocenters. The first-order valence-electron chi connectivity index (χ1n) is 8.04. The molecular formula is C15H28N2O3. The highest BCUT2D eigenvalue weighted by Crippen LogP contribution is 2.20. The van der Waals surface area contributed by atoms with Crippen LogP contribution in [0.4, 0.5) is 0 Å². The summed E-state index contributed by atoms with van der Waals surface area (Å²) >= 11 is 0. The molecule has 2 aliphatic rings. The van der Waals surface area contributed by atoms with E-state index in [4.69, 9.17) is 15.2 Å². The molecule has 1 saturated carbocycles. The van der Waals surface area contributed by atoms with E-state index < -0.39 is 0 Å². The van der Waals surface area contributed by atoms with E-state index in [-0.39, 0.29) is 18.1 Å². The lowest BCUT2D eigenvalue weighted by atomic mass is 9.98. The van der Waals surface area contributed by atoms with Gasteiger partial charge in [0.15, 0.2) is 0 Å². The highest BCUT2D eigenvalue weighted by Gasteiger charge is 2.29. The molecule has 1 aliphatic heterocycles. The molecule has 2 fully saturated rings. The van der Waals surface area contributed by atoms with Gasteiger partial charge in [0.2, 0.25) is 5.91 Å². The summed E-state index contributed by atoms with van der Waals surface area (Å²) < 4.78 is 11.4. The van der Waals surface area contributed by atoms with E-state index in [1.807, 2.05) is 0 Å². The molecule has 20 heavy (non-hydrogen) atoms. The normalized spacial score (nSPS) is 27.6. The van der Waals surface area contributed by atoms with Crippen molar-refractivity contribution in [3.8, 4) is 0 Å². The number of nitrogens with two attached hydrogens (primary N) is 1. The minimum atomic E-state index is -0.303. The molecule has 2 rings (SSSR count). The van der Waals surface area contributed by atoms with Gasteiger partial charge in [-0.15, -0.1) is 0 Å². The summed E-state index contributed by atoms with van der Waals surface area (Å²) in [4.78, 5) is 11.9. The van der Waals surface area contributed by atoms with E-state index in [9.17, 15) is 4.79 Å². The second kappa shape index (κ2) is 8.60. The Balaban J connectivity index is 1.49. The third kappa shape index (κ3) is 5.04. The molecule has 5 heteroatoms. The fourth-order valence-electron chi connectivity index (χ4n) is 2.95. The molecule has 1 heterocycles. The zero-order valence-corrected chi connectivity index (χ0v) is 12.3. The van der Waals surface area contributed by atoms with Crippen LogP contribution >= 0.6 is 0 Å². The van der Waals surface area contributed by atoms with Gasteiger partial charge in [-0.05, 0) is 32.1 Å². The average molecular weight is 284 g/mol. The first-order chi connectivity index (χ1) is 9.79. The quantitative estimate of drug-likeness (QED) is 0.692. The molecule has 0 aromatic carbocycles. The molecule has 3 N–H and O–H groups in total. The zero-order valence-electron chi connectivity index (χ0n) is 12.3. The summed E-state index contributed by atoms with van der Waals surface area (Å²) in [6.45, 7) is 1.90. The lowest BCUT2D eigenvalue weighted by molar-refractivity contribution is -0.131. The predicted molar refractivity (Wildman–Crippen MR) is 77.4 cm³/mol. The molecule has 0 aromatic heterocycles. The van der Waals surface area contributed by atoms with Crippen molar-refractivity contribution in [2.24, 2.45) is 5.73 Å². The fourth-order valence-corrected chi connectivity index (χ4v) is 2.95. The first kappa shape index (κ1) is 15.7. The Kier molecular flexibility index (Phi) is 6.76. The topological polar surface area (TPSA) is 73.6 Å². The van der Waals surface area contributed by atoms with E-state index in [2.05, 4.69) is 5.32 Å². The lowest BCUT2D eigenvalue weighted by Gasteiger charge is -2.22. The Hall–Kier alpha value is -0.650. The van der Waals surface area contributed by atoms with Gasteiger partial charge in [-0.25, -0.2) is 0 Å². The van der Waals surface area contributed by atoms with Crippen LogP contribution < -0.4 is 11.1 Å². The van der Waals surface area contributed by atoms with Crippen LogP contribution in [0.5, 0.6) is 0 Å². The number of rotatable bonds is 7. The summed E-state index contributed by atoms with van der Waals surface area (Å²) in [7, 11) is 0. The van der Waals surface area contributed by atoms with Crippen LogP contribution in [0.15, 0.2) is 0 Å². The van der Waals surface area contributed by atoms with Crippen molar-refractivity contribution < 1.29 is 14.3 Å². The standard InChI is InChI=1S/C15H28N2O3/c16-11-13-7-8-14(20-13)15(18)17-9-4-10-19-12-5-2-1-3-6-12/h12-14H,1-11,16H2,(H,17,18). The maximum Gasteiger partial charge on any atom is 0.249 e. The third-order valence-corrected chi connectivity index (χ3v) is 4.19. The van der Waals surface area contributed by atoms with E-state index in [1.54, 1.807) is 0 Å². The van der Waals surface area contributed by atoms with Crippen molar-refractivity contribution in [2.75, 3.05) is 19.7 Å². The van der Waals surface area contributed by atoms with Crippen LogP contribution in [0.2, 0.25) is 0 Å². The van der Waals surface area contributed by atoms with E-state index in [0.717, 1.165) is 25.9 Å². The van der Waals surface area contributed by atoms with Crippen LogP contribution in [-0.2, 0) is 14.3 Å². The van der Waals surface area contributed by atoms with E-state index in [0.29, 0.717) is 19.2 Å². The number of hydrogen-bond donors (Lipinski definition) is 2. The Morgan fingerprint density at radius 3 is 2.70 bits per heavy atom. The highest BCUT2D eigenvalue weighted by atomic mass is 16.5. The summed E-state index contributed by atoms with van der Waals surface area (Å²) in [5.74, 6) is -0.00128. The van der Waals surface area contributed by atoms with E-state index >= 15 is 0 Å². The van der Waals surface area contributed by atoms with Gasteiger partial charge in [0.25, 0.3) is 0 Å². The van der Waals surface area contributed by atoms with Gasteiger partial charge in [-0.3, -0.25) is 4.79 Å². The average Bonchev–Trinajstić information content (AvgIpc) is 2.97. The monoisotopic (exact) mass is 284 g/mol. The van der Waals surface area contributed by atoms with Crippen molar-refractivity contribution in [3.63, 3.8) is 0 Å². The molecule has 0 bridgehead atoms. The van der Waals surface area contributed by atoms with Gasteiger partial charge < -0.3 is 20.5 Å². The lowest BCUT2D eigenvalue weighted by Crippen LogP contribution is -2.36. The second-order valence-electron chi connectivity index (χ2n) is 5.84. The van der Waals surface area contributed by atoms with Gasteiger partial charge in [-0.2, -0.15) is 0 Å².